The average molecular weight is 562 g/mol. The third-order valence-electron chi connectivity index (χ3n) is 6.98. The van der Waals surface area contributed by atoms with Crippen LogP contribution in [0.15, 0.2) is 78.7 Å². The number of hydrogen-bond donors (Lipinski definition) is 3. The molecule has 1 amide bonds. The number of halogens is 1. The first-order valence-electron chi connectivity index (χ1n) is 15.9. The standard InChI is InChI=1S/C33H33FN2O5/c1-20(2)31-30(33(40)35-24-12-14-25(37)15-13-24)29(21-6-4-3-5-7-21)32(22-8-10-23(34)11-9-22)36(31)17-16-27-18-26(38)19-28(39)41-27/h3-15,20,26-27,37-38H,16-19H2,1-2H3,(H,35,40)/t26-,27?/m0/s1/i3D,4D,5D,6D,7D. The minimum absolute atomic E-state index is 0.0148. The summed E-state index contributed by atoms with van der Waals surface area (Å²) in [6.45, 7) is 3.82. The van der Waals surface area contributed by atoms with E-state index in [9.17, 15) is 24.2 Å². The van der Waals surface area contributed by atoms with Crippen LogP contribution >= 0.6 is 0 Å². The van der Waals surface area contributed by atoms with Crippen LogP contribution in [-0.2, 0) is 16.1 Å². The van der Waals surface area contributed by atoms with Crippen molar-refractivity contribution in [1.29, 1.82) is 0 Å². The summed E-state index contributed by atoms with van der Waals surface area (Å²) in [5.41, 5.74) is 1.41. The van der Waals surface area contributed by atoms with E-state index < -0.39 is 60.1 Å². The molecule has 212 valence electrons. The largest absolute Gasteiger partial charge is 0.508 e. The van der Waals surface area contributed by atoms with Crippen LogP contribution in [0.4, 0.5) is 10.1 Å². The van der Waals surface area contributed by atoms with E-state index in [1.807, 2.05) is 13.8 Å². The molecule has 0 saturated carbocycles. The first-order valence-corrected chi connectivity index (χ1v) is 13.4. The zero-order valence-corrected chi connectivity index (χ0v) is 22.6. The number of carbonyl (C=O) groups is 2. The summed E-state index contributed by atoms with van der Waals surface area (Å²) in [4.78, 5) is 26.4. The third-order valence-corrected chi connectivity index (χ3v) is 6.98. The molecule has 3 aromatic carbocycles. The number of amides is 1. The van der Waals surface area contributed by atoms with Crippen LogP contribution in [-0.4, -0.2) is 38.9 Å². The molecule has 1 aliphatic rings. The molecular formula is C33H33FN2O5. The molecule has 41 heavy (non-hydrogen) atoms. The summed E-state index contributed by atoms with van der Waals surface area (Å²) in [6, 6.07) is 8.36. The van der Waals surface area contributed by atoms with Crippen molar-refractivity contribution in [3.8, 4) is 28.1 Å². The smallest absolute Gasteiger partial charge is 0.308 e. The summed E-state index contributed by atoms with van der Waals surface area (Å²) in [5.74, 6) is -2.08. The molecule has 8 heteroatoms. The van der Waals surface area contributed by atoms with Crippen molar-refractivity contribution < 1.29 is 35.8 Å². The lowest BCUT2D eigenvalue weighted by Crippen LogP contribution is -2.33. The first kappa shape index (κ1) is 22.3. The highest BCUT2D eigenvalue weighted by Gasteiger charge is 2.32. The van der Waals surface area contributed by atoms with Gasteiger partial charge in [0.05, 0.1) is 30.6 Å². The van der Waals surface area contributed by atoms with Gasteiger partial charge in [-0.1, -0.05) is 44.1 Å². The number of aromatic nitrogens is 1. The number of nitrogens with one attached hydrogen (secondary N) is 1. The highest BCUT2D eigenvalue weighted by Crippen LogP contribution is 2.43. The molecule has 1 aliphatic heterocycles. The fraction of sp³-hybridized carbons (Fsp3) is 0.273. The molecule has 3 N–H and O–H groups in total. The molecule has 1 aromatic heterocycles. The predicted octanol–water partition coefficient (Wildman–Crippen LogP) is 6.50. The van der Waals surface area contributed by atoms with Crippen LogP contribution in [0.25, 0.3) is 22.4 Å². The number of aliphatic hydroxyl groups excluding tert-OH is 1. The Kier molecular flexibility index (Phi) is 6.51. The molecule has 0 radical (unpaired) electrons. The number of aromatic hydroxyl groups is 1. The lowest BCUT2D eigenvalue weighted by atomic mass is 9.94. The quantitative estimate of drug-likeness (QED) is 0.168. The minimum Gasteiger partial charge on any atom is -0.508 e. The van der Waals surface area contributed by atoms with E-state index in [-0.39, 0.29) is 54.2 Å². The number of cyclic esters (lactones) is 1. The van der Waals surface area contributed by atoms with Crippen LogP contribution in [0, 0.1) is 5.82 Å². The van der Waals surface area contributed by atoms with E-state index in [1.54, 1.807) is 4.57 Å². The Bertz CT molecular complexity index is 1780. The van der Waals surface area contributed by atoms with Gasteiger partial charge in [0.25, 0.3) is 5.91 Å². The van der Waals surface area contributed by atoms with Crippen molar-refractivity contribution in [3.05, 3.63) is 95.8 Å². The van der Waals surface area contributed by atoms with Crippen molar-refractivity contribution >= 4 is 17.6 Å². The fourth-order valence-corrected chi connectivity index (χ4v) is 5.28. The normalized spacial score (nSPS) is 18.7. The number of aliphatic hydroxyl groups is 1. The number of benzene rings is 3. The minimum atomic E-state index is -0.870. The van der Waals surface area contributed by atoms with E-state index in [0.29, 0.717) is 22.6 Å². The van der Waals surface area contributed by atoms with Gasteiger partial charge in [-0.2, -0.15) is 0 Å². The molecule has 1 saturated heterocycles. The van der Waals surface area contributed by atoms with Crippen molar-refractivity contribution in [2.75, 3.05) is 5.32 Å². The van der Waals surface area contributed by atoms with Crippen molar-refractivity contribution in [3.63, 3.8) is 0 Å². The predicted molar refractivity (Wildman–Crippen MR) is 155 cm³/mol. The number of hydrogen-bond acceptors (Lipinski definition) is 5. The van der Waals surface area contributed by atoms with E-state index in [1.165, 1.54) is 48.5 Å². The molecule has 0 aliphatic carbocycles. The molecule has 4 aromatic rings. The number of ether oxygens (including phenoxy) is 1. The second-order valence-corrected chi connectivity index (χ2v) is 10.3. The SMILES string of the molecule is [2H]c1c([2H])c([2H])c(-c2c(C(=O)Nc3ccc(O)cc3)c(C(C)C)n(CCC3C[C@H](O)CC(=O)O3)c2-c2ccc(F)cc2)c([2H])c1[2H]. The van der Waals surface area contributed by atoms with E-state index in [0.717, 1.165) is 0 Å². The lowest BCUT2D eigenvalue weighted by molar-refractivity contribution is -0.160. The van der Waals surface area contributed by atoms with Gasteiger partial charge in [0, 0.05) is 36.3 Å². The Morgan fingerprint density at radius 2 is 1.78 bits per heavy atom. The fourth-order valence-electron chi connectivity index (χ4n) is 5.28. The van der Waals surface area contributed by atoms with Gasteiger partial charge in [-0.3, -0.25) is 9.59 Å². The third kappa shape index (κ3) is 6.18. The van der Waals surface area contributed by atoms with Gasteiger partial charge in [0.15, 0.2) is 0 Å². The van der Waals surface area contributed by atoms with Gasteiger partial charge in [0.2, 0.25) is 0 Å². The highest BCUT2D eigenvalue weighted by atomic mass is 19.1. The molecule has 2 atom stereocenters. The molecular weight excluding hydrogens is 523 g/mol. The summed E-state index contributed by atoms with van der Waals surface area (Å²) in [7, 11) is 0. The topological polar surface area (TPSA) is 101 Å². The number of phenolic OH excluding ortho intramolecular Hbond substituents is 1. The number of phenols is 1. The van der Waals surface area contributed by atoms with E-state index in [2.05, 4.69) is 5.32 Å². The Balaban J connectivity index is 1.83. The van der Waals surface area contributed by atoms with Gasteiger partial charge in [0.1, 0.15) is 17.7 Å². The molecule has 0 bridgehead atoms. The highest BCUT2D eigenvalue weighted by molar-refractivity contribution is 6.12. The summed E-state index contributed by atoms with van der Waals surface area (Å²) < 4.78 is 64.1. The molecule has 0 spiro atoms. The second kappa shape index (κ2) is 12.0. The van der Waals surface area contributed by atoms with Crippen LogP contribution < -0.4 is 5.32 Å². The zero-order chi connectivity index (χ0) is 33.4. The maximum absolute atomic E-state index is 14.3. The van der Waals surface area contributed by atoms with Crippen LogP contribution in [0.1, 0.15) is 61.9 Å². The Morgan fingerprint density at radius 1 is 1.10 bits per heavy atom. The Labute approximate surface area is 245 Å². The number of esters is 1. The number of carbonyl (C=O) groups excluding carboxylic acids is 2. The van der Waals surface area contributed by atoms with Gasteiger partial charge in [-0.05, 0) is 65.6 Å². The maximum atomic E-state index is 14.3. The number of rotatable bonds is 8. The summed E-state index contributed by atoms with van der Waals surface area (Å²) >= 11 is 0. The Morgan fingerprint density at radius 3 is 2.41 bits per heavy atom. The van der Waals surface area contributed by atoms with Gasteiger partial charge >= 0.3 is 5.97 Å². The Hall–Kier alpha value is -4.43. The number of nitrogens with zero attached hydrogens (tertiary/aromatic N) is 1. The second-order valence-electron chi connectivity index (χ2n) is 10.3. The monoisotopic (exact) mass is 561 g/mol. The van der Waals surface area contributed by atoms with Gasteiger partial charge < -0.3 is 24.8 Å². The molecule has 2 heterocycles. The molecule has 7 nitrogen and oxygen atoms in total. The van der Waals surface area contributed by atoms with E-state index >= 15 is 0 Å². The zero-order valence-electron chi connectivity index (χ0n) is 27.6. The van der Waals surface area contributed by atoms with E-state index in [4.69, 9.17) is 11.6 Å². The number of anilines is 1. The summed E-state index contributed by atoms with van der Waals surface area (Å²) in [6.07, 6.45) is -1.19. The van der Waals surface area contributed by atoms with Crippen molar-refractivity contribution in [2.24, 2.45) is 0 Å². The summed E-state index contributed by atoms with van der Waals surface area (Å²) in [5, 5.41) is 22.8. The van der Waals surface area contributed by atoms with Gasteiger partial charge in [-0.15, -0.1) is 0 Å². The molecule has 1 fully saturated rings. The van der Waals surface area contributed by atoms with Crippen molar-refractivity contribution in [2.45, 2.75) is 57.8 Å². The lowest BCUT2D eigenvalue weighted by Gasteiger charge is -2.27. The molecule has 1 unspecified atom stereocenters. The molecule has 5 rings (SSSR count). The van der Waals surface area contributed by atoms with Crippen LogP contribution in [0.5, 0.6) is 5.75 Å². The average Bonchev–Trinajstić information content (AvgIpc) is 3.34. The van der Waals surface area contributed by atoms with Gasteiger partial charge in [-0.25, -0.2) is 4.39 Å². The van der Waals surface area contributed by atoms with Crippen molar-refractivity contribution in [1.82, 2.24) is 4.57 Å². The first-order chi connectivity index (χ1) is 21.8. The van der Waals surface area contributed by atoms with Crippen LogP contribution in [0.2, 0.25) is 0 Å². The maximum Gasteiger partial charge on any atom is 0.308 e. The van der Waals surface area contributed by atoms with Crippen LogP contribution in [0.3, 0.4) is 0 Å².